The molecule has 3 heterocycles. The fourth-order valence-electron chi connectivity index (χ4n) is 4.52. The second-order valence-electron chi connectivity index (χ2n) is 8.01. The molecule has 3 aliphatic heterocycles. The van der Waals surface area contributed by atoms with Gasteiger partial charge in [0.1, 0.15) is 0 Å². The number of nitrogens with zero attached hydrogens (tertiary/aromatic N) is 4. The fourth-order valence-corrected chi connectivity index (χ4v) is 4.95. The minimum absolute atomic E-state index is 0.170. The van der Waals surface area contributed by atoms with E-state index in [-0.39, 0.29) is 11.8 Å². The number of thioether (sulfide) groups is 1. The highest BCUT2D eigenvalue weighted by Crippen LogP contribution is 2.25. The van der Waals surface area contributed by atoms with E-state index in [9.17, 15) is 9.59 Å². The van der Waals surface area contributed by atoms with Gasteiger partial charge in [0, 0.05) is 51.9 Å². The van der Waals surface area contributed by atoms with Crippen LogP contribution in [0.25, 0.3) is 0 Å². The number of carbonyl (C=O) groups is 2. The van der Waals surface area contributed by atoms with Gasteiger partial charge in [-0.3, -0.25) is 14.5 Å². The molecule has 0 saturated carbocycles. The molecule has 3 fully saturated rings. The minimum atomic E-state index is 0.170. The van der Waals surface area contributed by atoms with Crippen LogP contribution < -0.4 is 0 Å². The van der Waals surface area contributed by atoms with Crippen molar-refractivity contribution in [3.63, 3.8) is 0 Å². The Labute approximate surface area is 162 Å². The summed E-state index contributed by atoms with van der Waals surface area (Å²) in [4.78, 5) is 33.9. The fraction of sp³-hybridized carbons (Fsp3) is 0.895. The lowest BCUT2D eigenvalue weighted by Crippen LogP contribution is -2.54. The molecule has 26 heavy (non-hydrogen) atoms. The third kappa shape index (κ3) is 4.93. The zero-order valence-corrected chi connectivity index (χ0v) is 17.2. The summed E-state index contributed by atoms with van der Waals surface area (Å²) in [5.41, 5.74) is 0. The van der Waals surface area contributed by atoms with Crippen molar-refractivity contribution in [1.82, 2.24) is 19.6 Å². The van der Waals surface area contributed by atoms with Gasteiger partial charge in [-0.05, 0) is 45.5 Å². The number of amides is 2. The van der Waals surface area contributed by atoms with Crippen molar-refractivity contribution in [2.45, 2.75) is 31.7 Å². The lowest BCUT2D eigenvalue weighted by molar-refractivity contribution is -0.139. The van der Waals surface area contributed by atoms with Gasteiger partial charge in [-0.1, -0.05) is 0 Å². The average molecular weight is 383 g/mol. The van der Waals surface area contributed by atoms with E-state index in [1.54, 1.807) is 11.8 Å². The summed E-state index contributed by atoms with van der Waals surface area (Å²) in [6.45, 7) is 7.50. The number of likely N-dealkylation sites (tertiary alicyclic amines) is 2. The molecule has 0 aliphatic carbocycles. The highest BCUT2D eigenvalue weighted by Gasteiger charge is 2.34. The highest BCUT2D eigenvalue weighted by molar-refractivity contribution is 7.99. The summed E-state index contributed by atoms with van der Waals surface area (Å²) in [6, 6.07) is 0.538. The quantitative estimate of drug-likeness (QED) is 0.721. The molecular formula is C19H34N4O2S. The van der Waals surface area contributed by atoms with Crippen LogP contribution in [0.2, 0.25) is 0 Å². The number of rotatable bonds is 4. The van der Waals surface area contributed by atoms with Crippen LogP contribution in [0, 0.1) is 5.92 Å². The Morgan fingerprint density at radius 3 is 2.27 bits per heavy atom. The lowest BCUT2D eigenvalue weighted by Gasteiger charge is -2.43. The predicted octanol–water partition coefficient (Wildman–Crippen LogP) is 0.826. The Kier molecular flexibility index (Phi) is 7.23. The monoisotopic (exact) mass is 382 g/mol. The third-order valence-corrected chi connectivity index (χ3v) is 6.75. The molecule has 0 aromatic carbocycles. The third-order valence-electron chi connectivity index (χ3n) is 6.22. The molecule has 3 rings (SSSR count). The van der Waals surface area contributed by atoms with Gasteiger partial charge < -0.3 is 14.7 Å². The molecule has 0 unspecified atom stereocenters. The second kappa shape index (κ2) is 9.42. The van der Waals surface area contributed by atoms with Gasteiger partial charge in [0.05, 0.1) is 11.7 Å². The van der Waals surface area contributed by atoms with Crippen molar-refractivity contribution < 1.29 is 9.59 Å². The van der Waals surface area contributed by atoms with Crippen LogP contribution in [0.15, 0.2) is 0 Å². The first-order valence-electron chi connectivity index (χ1n) is 10.1. The zero-order chi connectivity index (χ0) is 18.5. The van der Waals surface area contributed by atoms with Crippen molar-refractivity contribution in [3.8, 4) is 0 Å². The van der Waals surface area contributed by atoms with Crippen molar-refractivity contribution in [2.24, 2.45) is 5.92 Å². The van der Waals surface area contributed by atoms with Crippen LogP contribution in [0.4, 0.5) is 0 Å². The number of hydrogen-bond acceptors (Lipinski definition) is 5. The number of piperidine rings is 2. The van der Waals surface area contributed by atoms with Gasteiger partial charge >= 0.3 is 0 Å². The summed E-state index contributed by atoms with van der Waals surface area (Å²) in [7, 11) is 2.13. The average Bonchev–Trinajstić information content (AvgIpc) is 2.68. The maximum atomic E-state index is 12.9. The molecule has 2 amide bonds. The lowest BCUT2D eigenvalue weighted by atomic mass is 9.92. The summed E-state index contributed by atoms with van der Waals surface area (Å²) in [6.07, 6.45) is 6.24. The molecular weight excluding hydrogens is 348 g/mol. The Morgan fingerprint density at radius 2 is 1.62 bits per heavy atom. The zero-order valence-electron chi connectivity index (χ0n) is 16.4. The van der Waals surface area contributed by atoms with E-state index in [1.807, 2.05) is 11.2 Å². The molecule has 148 valence electrons. The van der Waals surface area contributed by atoms with Gasteiger partial charge in [0.2, 0.25) is 11.8 Å². The van der Waals surface area contributed by atoms with E-state index < -0.39 is 0 Å². The Hall–Kier alpha value is -0.790. The minimum Gasteiger partial charge on any atom is -0.342 e. The summed E-state index contributed by atoms with van der Waals surface area (Å²) in [5, 5.41) is 0. The largest absolute Gasteiger partial charge is 0.342 e. The molecule has 0 N–H and O–H groups in total. The van der Waals surface area contributed by atoms with Crippen molar-refractivity contribution >= 4 is 23.6 Å². The summed E-state index contributed by atoms with van der Waals surface area (Å²) < 4.78 is 0. The maximum Gasteiger partial charge on any atom is 0.232 e. The Balaban J connectivity index is 1.48. The van der Waals surface area contributed by atoms with Gasteiger partial charge in [-0.25, -0.2) is 0 Å². The number of piperazine rings is 1. The van der Waals surface area contributed by atoms with E-state index in [2.05, 4.69) is 21.7 Å². The van der Waals surface area contributed by atoms with E-state index in [0.29, 0.717) is 17.7 Å². The standard InChI is InChI=1S/C19H34N4O2S/c1-20-10-12-22(13-11-20)19(25)16-4-3-7-23(14-16)17-5-8-21(9-6-17)18(24)15-26-2/h16-17H,3-15H2,1-2H3/t16-/m1/s1. The van der Waals surface area contributed by atoms with Crippen LogP contribution in [-0.4, -0.2) is 109 Å². The first-order valence-corrected chi connectivity index (χ1v) is 11.5. The molecule has 0 aromatic rings. The molecule has 3 aliphatic rings. The highest BCUT2D eigenvalue weighted by atomic mass is 32.2. The van der Waals surface area contributed by atoms with E-state index in [1.165, 1.54) is 0 Å². The smallest absolute Gasteiger partial charge is 0.232 e. The van der Waals surface area contributed by atoms with Crippen molar-refractivity contribution in [2.75, 3.05) is 71.4 Å². The molecule has 0 radical (unpaired) electrons. The van der Waals surface area contributed by atoms with Crippen molar-refractivity contribution in [3.05, 3.63) is 0 Å². The summed E-state index contributed by atoms with van der Waals surface area (Å²) in [5.74, 6) is 1.41. The van der Waals surface area contributed by atoms with Gasteiger partial charge in [-0.15, -0.1) is 0 Å². The SMILES string of the molecule is CSCC(=O)N1CCC(N2CCC[C@@H](C(=O)N3CCN(C)CC3)C2)CC1. The first-order chi connectivity index (χ1) is 12.6. The maximum absolute atomic E-state index is 12.9. The molecule has 0 spiro atoms. The number of hydrogen-bond donors (Lipinski definition) is 0. The van der Waals surface area contributed by atoms with Gasteiger partial charge in [0.15, 0.2) is 0 Å². The summed E-state index contributed by atoms with van der Waals surface area (Å²) >= 11 is 1.60. The number of carbonyl (C=O) groups excluding carboxylic acids is 2. The van der Waals surface area contributed by atoms with Crippen LogP contribution >= 0.6 is 11.8 Å². The molecule has 7 heteroatoms. The molecule has 1 atom stereocenters. The molecule has 3 saturated heterocycles. The first kappa shape index (κ1) is 20.0. The van der Waals surface area contributed by atoms with E-state index in [4.69, 9.17) is 0 Å². The van der Waals surface area contributed by atoms with Crippen LogP contribution in [-0.2, 0) is 9.59 Å². The van der Waals surface area contributed by atoms with Gasteiger partial charge in [-0.2, -0.15) is 11.8 Å². The van der Waals surface area contributed by atoms with Crippen molar-refractivity contribution in [1.29, 1.82) is 0 Å². The number of likely N-dealkylation sites (N-methyl/N-ethyl adjacent to an activating group) is 1. The molecule has 0 aromatic heterocycles. The second-order valence-corrected chi connectivity index (χ2v) is 8.87. The van der Waals surface area contributed by atoms with E-state index in [0.717, 1.165) is 78.0 Å². The Morgan fingerprint density at radius 1 is 0.923 bits per heavy atom. The normalized spacial score (nSPS) is 26.9. The molecule has 0 bridgehead atoms. The van der Waals surface area contributed by atoms with E-state index >= 15 is 0 Å². The topological polar surface area (TPSA) is 47.1 Å². The predicted molar refractivity (Wildman–Crippen MR) is 106 cm³/mol. The molecule has 6 nitrogen and oxygen atoms in total. The Bertz CT molecular complexity index is 488. The van der Waals surface area contributed by atoms with Crippen LogP contribution in [0.3, 0.4) is 0 Å². The van der Waals surface area contributed by atoms with Crippen LogP contribution in [0.1, 0.15) is 25.7 Å². The van der Waals surface area contributed by atoms with Gasteiger partial charge in [0.25, 0.3) is 0 Å². The van der Waals surface area contributed by atoms with Crippen LogP contribution in [0.5, 0.6) is 0 Å².